The zero-order valence-electron chi connectivity index (χ0n) is 5.41. The molecule has 0 spiro atoms. The van der Waals surface area contributed by atoms with Gasteiger partial charge in [-0.15, -0.1) is 4.98 Å². The molecule has 4 heteroatoms. The monoisotopic (exact) mass is 166 g/mol. The molecule has 0 unspecified atom stereocenters. The lowest BCUT2D eigenvalue weighted by molar-refractivity contribution is 0.107. The zero-order valence-corrected chi connectivity index (χ0v) is 6.17. The second-order valence-electron chi connectivity index (χ2n) is 1.77. The van der Waals surface area contributed by atoms with Crippen LogP contribution in [0, 0.1) is 6.57 Å². The Hall–Kier alpha value is -1.40. The minimum atomic E-state index is -0.643. The first-order valence-electron chi connectivity index (χ1n) is 2.78. The number of pyridine rings is 1. The van der Waals surface area contributed by atoms with Crippen LogP contribution in [0.25, 0.3) is 4.85 Å². The van der Waals surface area contributed by atoms with Crippen molar-refractivity contribution in [2.75, 3.05) is 0 Å². The first-order valence-corrected chi connectivity index (χ1v) is 3.16. The van der Waals surface area contributed by atoms with Gasteiger partial charge in [-0.25, -0.2) is 0 Å². The molecule has 0 fully saturated rings. The van der Waals surface area contributed by atoms with E-state index in [0.29, 0.717) is 0 Å². The third kappa shape index (κ3) is 1.76. The van der Waals surface area contributed by atoms with E-state index in [-0.39, 0.29) is 11.5 Å². The minimum absolute atomic E-state index is 0.111. The van der Waals surface area contributed by atoms with Gasteiger partial charge in [0.25, 0.3) is 11.1 Å². The van der Waals surface area contributed by atoms with Crippen LogP contribution in [0.1, 0.15) is 10.5 Å². The van der Waals surface area contributed by atoms with Gasteiger partial charge in [-0.05, 0) is 23.7 Å². The van der Waals surface area contributed by atoms with Crippen molar-refractivity contribution in [2.45, 2.75) is 0 Å². The quantitative estimate of drug-likeness (QED) is 0.473. The minimum Gasteiger partial charge on any atom is -0.361 e. The highest BCUT2D eigenvalue weighted by Crippen LogP contribution is 2.09. The Kier molecular flexibility index (Phi) is 2.19. The highest BCUT2D eigenvalue weighted by molar-refractivity contribution is 6.67. The summed E-state index contributed by atoms with van der Waals surface area (Å²) in [6.45, 7) is 6.59. The number of aromatic nitrogens is 1. The van der Waals surface area contributed by atoms with Crippen molar-refractivity contribution >= 4 is 22.7 Å². The molecule has 0 saturated heterocycles. The molecule has 1 rings (SSSR count). The highest BCUT2D eigenvalue weighted by Gasteiger charge is 2.06. The van der Waals surface area contributed by atoms with Crippen LogP contribution in [0.3, 0.4) is 0 Å². The first-order chi connectivity index (χ1) is 5.24. The summed E-state index contributed by atoms with van der Waals surface area (Å²) < 4.78 is 0. The summed E-state index contributed by atoms with van der Waals surface area (Å²) in [6.07, 6.45) is 0. The fourth-order valence-electron chi connectivity index (χ4n) is 0.595. The summed E-state index contributed by atoms with van der Waals surface area (Å²) in [7, 11) is 0. The van der Waals surface area contributed by atoms with E-state index >= 15 is 0 Å². The number of hydrogen-bond acceptors (Lipinski definition) is 2. The Morgan fingerprint density at radius 2 is 2.36 bits per heavy atom. The van der Waals surface area contributed by atoms with Crippen molar-refractivity contribution < 1.29 is 4.79 Å². The molecule has 0 aliphatic heterocycles. The van der Waals surface area contributed by atoms with Gasteiger partial charge in [-0.1, -0.05) is 12.6 Å². The molecular formula is C7H3ClN2O. The molecule has 0 atom stereocenters. The van der Waals surface area contributed by atoms with Crippen LogP contribution in [0.4, 0.5) is 5.82 Å². The summed E-state index contributed by atoms with van der Waals surface area (Å²) >= 11 is 5.13. The van der Waals surface area contributed by atoms with Gasteiger partial charge in [0, 0.05) is 0 Å². The maximum Gasteiger partial charge on any atom is 0.294 e. The van der Waals surface area contributed by atoms with Crippen molar-refractivity contribution in [3.05, 3.63) is 35.3 Å². The molecule has 3 nitrogen and oxygen atoms in total. The van der Waals surface area contributed by atoms with Gasteiger partial charge in [-0.2, -0.15) is 0 Å². The predicted octanol–water partition coefficient (Wildman–Crippen LogP) is 2.01. The van der Waals surface area contributed by atoms with Crippen LogP contribution in [0.15, 0.2) is 18.2 Å². The van der Waals surface area contributed by atoms with Crippen molar-refractivity contribution in [1.29, 1.82) is 0 Å². The fraction of sp³-hybridized carbons (Fsp3) is 0. The largest absolute Gasteiger partial charge is 0.361 e. The second kappa shape index (κ2) is 3.13. The molecule has 1 aromatic heterocycles. The van der Waals surface area contributed by atoms with Crippen molar-refractivity contribution in [1.82, 2.24) is 4.98 Å². The van der Waals surface area contributed by atoms with Gasteiger partial charge in [-0.3, -0.25) is 4.79 Å². The Balaban J connectivity index is 3.13. The Labute approximate surface area is 68.4 Å². The van der Waals surface area contributed by atoms with E-state index in [2.05, 4.69) is 9.83 Å². The molecule has 0 amide bonds. The lowest BCUT2D eigenvalue weighted by Crippen LogP contribution is -1.91. The van der Waals surface area contributed by atoms with Crippen molar-refractivity contribution in [3.8, 4) is 0 Å². The third-order valence-corrected chi connectivity index (χ3v) is 1.24. The van der Waals surface area contributed by atoms with Gasteiger partial charge in [0.2, 0.25) is 5.69 Å². The number of rotatable bonds is 1. The predicted molar refractivity (Wildman–Crippen MR) is 40.7 cm³/mol. The highest BCUT2D eigenvalue weighted by atomic mass is 35.5. The molecule has 0 N–H and O–H groups in total. The van der Waals surface area contributed by atoms with Crippen LogP contribution in [0.5, 0.6) is 0 Å². The summed E-state index contributed by atoms with van der Waals surface area (Å²) in [5.41, 5.74) is 0.111. The third-order valence-electron chi connectivity index (χ3n) is 1.05. The molecule has 1 aromatic rings. The van der Waals surface area contributed by atoms with Gasteiger partial charge in [0.1, 0.15) is 0 Å². The first kappa shape index (κ1) is 7.70. The van der Waals surface area contributed by atoms with Crippen molar-refractivity contribution in [3.63, 3.8) is 0 Å². The average Bonchev–Trinajstić information content (AvgIpc) is 2.05. The molecule has 54 valence electrons. The van der Waals surface area contributed by atoms with Crippen LogP contribution >= 0.6 is 11.6 Å². The smallest absolute Gasteiger partial charge is 0.294 e. The maximum atomic E-state index is 10.5. The van der Waals surface area contributed by atoms with Gasteiger partial charge < -0.3 is 4.85 Å². The topological polar surface area (TPSA) is 34.3 Å². The Morgan fingerprint density at radius 3 is 2.91 bits per heavy atom. The molecule has 0 aromatic carbocycles. The number of carbonyl (C=O) groups is 1. The van der Waals surface area contributed by atoms with Gasteiger partial charge in [0.15, 0.2) is 0 Å². The number of hydrogen-bond donors (Lipinski definition) is 0. The van der Waals surface area contributed by atoms with E-state index in [1.54, 1.807) is 6.07 Å². The van der Waals surface area contributed by atoms with E-state index in [0.717, 1.165) is 0 Å². The summed E-state index contributed by atoms with van der Waals surface area (Å²) in [6, 6.07) is 4.54. The molecule has 0 radical (unpaired) electrons. The van der Waals surface area contributed by atoms with Crippen LogP contribution in [-0.4, -0.2) is 10.2 Å². The molecule has 0 bridgehead atoms. The summed E-state index contributed by atoms with van der Waals surface area (Å²) in [5, 5.41) is -0.643. The maximum absolute atomic E-state index is 10.5. The molecule has 0 aliphatic carbocycles. The van der Waals surface area contributed by atoms with Gasteiger partial charge >= 0.3 is 0 Å². The fourth-order valence-corrected chi connectivity index (χ4v) is 0.700. The lowest BCUT2D eigenvalue weighted by Gasteiger charge is -1.87. The normalized spacial score (nSPS) is 8.73. The standard InChI is InChI=1S/C7H3ClN2O/c1-9-6-4-2-3-5(10-6)7(8)11/h2-4H. The van der Waals surface area contributed by atoms with Crippen molar-refractivity contribution in [2.24, 2.45) is 0 Å². The molecule has 0 saturated carbocycles. The SMILES string of the molecule is [C-]#[N+]c1cccc(C(=O)Cl)n1. The van der Waals surface area contributed by atoms with Gasteiger partial charge in [0.05, 0.1) is 0 Å². The van der Waals surface area contributed by atoms with Crippen LogP contribution in [0.2, 0.25) is 0 Å². The average molecular weight is 167 g/mol. The van der Waals surface area contributed by atoms with E-state index in [4.69, 9.17) is 18.2 Å². The summed E-state index contributed by atoms with van der Waals surface area (Å²) in [4.78, 5) is 17.2. The Morgan fingerprint density at radius 1 is 1.64 bits per heavy atom. The van der Waals surface area contributed by atoms with Crippen LogP contribution in [-0.2, 0) is 0 Å². The number of nitrogens with zero attached hydrogens (tertiary/aromatic N) is 2. The molecular weight excluding hydrogens is 164 g/mol. The molecule has 1 heterocycles. The number of halogens is 1. The molecule has 11 heavy (non-hydrogen) atoms. The number of carbonyl (C=O) groups excluding carboxylic acids is 1. The molecule has 0 aliphatic rings. The van der Waals surface area contributed by atoms with E-state index in [9.17, 15) is 4.79 Å². The van der Waals surface area contributed by atoms with Crippen LogP contribution < -0.4 is 0 Å². The van der Waals surface area contributed by atoms with E-state index in [1.165, 1.54) is 12.1 Å². The second-order valence-corrected chi connectivity index (χ2v) is 2.11. The Bertz CT molecular complexity index is 329. The zero-order chi connectivity index (χ0) is 8.27. The lowest BCUT2D eigenvalue weighted by atomic mass is 10.4. The summed E-state index contributed by atoms with van der Waals surface area (Å²) in [5.74, 6) is 0.177. The van der Waals surface area contributed by atoms with E-state index in [1.807, 2.05) is 0 Å². The van der Waals surface area contributed by atoms with E-state index < -0.39 is 5.24 Å².